The summed E-state index contributed by atoms with van der Waals surface area (Å²) < 4.78 is 0. The number of amides is 1. The minimum absolute atomic E-state index is 0.0624. The van der Waals surface area contributed by atoms with Gasteiger partial charge in [0, 0.05) is 6.54 Å². The van der Waals surface area contributed by atoms with Gasteiger partial charge in [0.2, 0.25) is 5.91 Å². The second-order valence-corrected chi connectivity index (χ2v) is 5.64. The van der Waals surface area contributed by atoms with Gasteiger partial charge in [0.15, 0.2) is 0 Å². The number of aliphatic carboxylic acids is 1. The number of hydrogen-bond acceptors (Lipinski definition) is 3. The lowest BCUT2D eigenvalue weighted by atomic mass is 10.2. The monoisotopic (exact) mass is 265 g/mol. The van der Waals surface area contributed by atoms with Crippen molar-refractivity contribution in [3.05, 3.63) is 35.9 Å². The quantitative estimate of drug-likeness (QED) is 0.868. The third-order valence-electron chi connectivity index (χ3n) is 2.90. The van der Waals surface area contributed by atoms with E-state index in [-0.39, 0.29) is 11.2 Å². The molecule has 1 aliphatic rings. The molecule has 0 radical (unpaired) electrons. The molecule has 1 amide bonds. The molecule has 1 saturated heterocycles. The van der Waals surface area contributed by atoms with Crippen molar-refractivity contribution in [1.29, 1.82) is 0 Å². The van der Waals surface area contributed by atoms with Gasteiger partial charge in [-0.2, -0.15) is 0 Å². The molecule has 0 aliphatic carbocycles. The Morgan fingerprint density at radius 3 is 2.50 bits per heavy atom. The Kier molecular flexibility index (Phi) is 4.25. The molecule has 96 valence electrons. The minimum Gasteiger partial charge on any atom is -0.480 e. The van der Waals surface area contributed by atoms with Crippen molar-refractivity contribution < 1.29 is 14.7 Å². The average Bonchev–Trinajstić information content (AvgIpc) is 2.87. The summed E-state index contributed by atoms with van der Waals surface area (Å²) in [4.78, 5) is 22.7. The molecule has 0 bridgehead atoms. The number of benzene rings is 1. The van der Waals surface area contributed by atoms with Crippen molar-refractivity contribution in [1.82, 2.24) is 5.32 Å². The van der Waals surface area contributed by atoms with Gasteiger partial charge >= 0.3 is 5.97 Å². The Bertz CT molecular complexity index is 435. The second-order valence-electron chi connectivity index (χ2n) is 4.23. The lowest BCUT2D eigenvalue weighted by Crippen LogP contribution is -2.31. The molecule has 2 rings (SSSR count). The Labute approximate surface area is 110 Å². The molecule has 2 N–H and O–H groups in total. The van der Waals surface area contributed by atoms with Crippen molar-refractivity contribution in [2.24, 2.45) is 0 Å². The van der Waals surface area contributed by atoms with E-state index in [9.17, 15) is 9.59 Å². The summed E-state index contributed by atoms with van der Waals surface area (Å²) in [7, 11) is 0. The SMILES string of the molecule is O=C(O)[C@H]1CC[C@H](C(=O)NCc2ccccc2)S1. The van der Waals surface area contributed by atoms with E-state index in [2.05, 4.69) is 5.32 Å². The predicted molar refractivity (Wildman–Crippen MR) is 70.3 cm³/mol. The molecule has 0 saturated carbocycles. The number of carbonyl (C=O) groups excluding carboxylic acids is 1. The van der Waals surface area contributed by atoms with Crippen molar-refractivity contribution in [2.75, 3.05) is 0 Å². The van der Waals surface area contributed by atoms with Crippen LogP contribution in [0.15, 0.2) is 30.3 Å². The third kappa shape index (κ3) is 3.26. The topological polar surface area (TPSA) is 66.4 Å². The maximum atomic E-state index is 11.9. The first kappa shape index (κ1) is 13.0. The minimum atomic E-state index is -0.821. The molecule has 0 spiro atoms. The lowest BCUT2D eigenvalue weighted by Gasteiger charge is -2.10. The number of rotatable bonds is 4. The summed E-state index contributed by atoms with van der Waals surface area (Å²) >= 11 is 1.25. The molecule has 18 heavy (non-hydrogen) atoms. The lowest BCUT2D eigenvalue weighted by molar-refractivity contribution is -0.136. The van der Waals surface area contributed by atoms with E-state index in [0.29, 0.717) is 19.4 Å². The highest BCUT2D eigenvalue weighted by molar-refractivity contribution is 8.02. The number of thioether (sulfide) groups is 1. The molecule has 1 heterocycles. The molecule has 0 unspecified atom stereocenters. The fraction of sp³-hybridized carbons (Fsp3) is 0.385. The van der Waals surface area contributed by atoms with Crippen LogP contribution in [-0.2, 0) is 16.1 Å². The van der Waals surface area contributed by atoms with Gasteiger partial charge in [-0.05, 0) is 18.4 Å². The first-order chi connectivity index (χ1) is 8.66. The molecule has 1 fully saturated rings. The second kappa shape index (κ2) is 5.91. The summed E-state index contributed by atoms with van der Waals surface area (Å²) in [5.74, 6) is -0.883. The van der Waals surface area contributed by atoms with Crippen molar-refractivity contribution >= 4 is 23.6 Å². The Morgan fingerprint density at radius 2 is 1.89 bits per heavy atom. The molecule has 0 aromatic heterocycles. The van der Waals surface area contributed by atoms with Crippen molar-refractivity contribution in [3.8, 4) is 0 Å². The van der Waals surface area contributed by atoms with Crippen LogP contribution in [0.3, 0.4) is 0 Å². The molecular weight excluding hydrogens is 250 g/mol. The summed E-state index contributed by atoms with van der Waals surface area (Å²) in [5.41, 5.74) is 1.05. The van der Waals surface area contributed by atoms with Gasteiger partial charge in [-0.25, -0.2) is 0 Å². The molecule has 1 aliphatic heterocycles. The van der Waals surface area contributed by atoms with Gasteiger partial charge < -0.3 is 10.4 Å². The summed E-state index contributed by atoms with van der Waals surface area (Å²) in [5, 5.41) is 11.1. The van der Waals surface area contributed by atoms with E-state index in [4.69, 9.17) is 5.11 Å². The summed E-state index contributed by atoms with van der Waals surface area (Å²) in [6.45, 7) is 0.495. The van der Waals surface area contributed by atoms with E-state index in [1.54, 1.807) is 0 Å². The highest BCUT2D eigenvalue weighted by Gasteiger charge is 2.34. The van der Waals surface area contributed by atoms with Gasteiger partial charge in [-0.1, -0.05) is 30.3 Å². The third-order valence-corrected chi connectivity index (χ3v) is 4.44. The predicted octanol–water partition coefficient (Wildman–Crippen LogP) is 1.65. The summed E-state index contributed by atoms with van der Waals surface area (Å²) in [6, 6.07) is 9.67. The van der Waals surface area contributed by atoms with Crippen LogP contribution in [0.4, 0.5) is 0 Å². The van der Waals surface area contributed by atoms with Crippen LogP contribution in [0.25, 0.3) is 0 Å². The number of carboxylic acids is 1. The van der Waals surface area contributed by atoms with Gasteiger partial charge in [0.25, 0.3) is 0 Å². The van der Waals surface area contributed by atoms with Crippen LogP contribution < -0.4 is 5.32 Å². The van der Waals surface area contributed by atoms with Crippen molar-refractivity contribution in [3.63, 3.8) is 0 Å². The van der Waals surface area contributed by atoms with Gasteiger partial charge in [-0.3, -0.25) is 9.59 Å². The largest absolute Gasteiger partial charge is 0.480 e. The zero-order chi connectivity index (χ0) is 13.0. The van der Waals surface area contributed by atoms with Crippen LogP contribution in [0, 0.1) is 0 Å². The van der Waals surface area contributed by atoms with E-state index < -0.39 is 11.2 Å². The normalized spacial score (nSPS) is 22.7. The van der Waals surface area contributed by atoms with Crippen LogP contribution in [0.5, 0.6) is 0 Å². The first-order valence-electron chi connectivity index (χ1n) is 5.86. The van der Waals surface area contributed by atoms with Crippen molar-refractivity contribution in [2.45, 2.75) is 29.9 Å². The Hall–Kier alpha value is -1.49. The molecule has 5 heteroatoms. The molecular formula is C13H15NO3S. The maximum absolute atomic E-state index is 11.9. The molecule has 1 aromatic rings. The number of hydrogen-bond donors (Lipinski definition) is 2. The first-order valence-corrected chi connectivity index (χ1v) is 6.81. The van der Waals surface area contributed by atoms with E-state index in [1.807, 2.05) is 30.3 Å². The number of carbonyl (C=O) groups is 2. The average molecular weight is 265 g/mol. The van der Waals surface area contributed by atoms with E-state index in [1.165, 1.54) is 11.8 Å². The highest BCUT2D eigenvalue weighted by Crippen LogP contribution is 2.33. The Morgan fingerprint density at radius 1 is 1.22 bits per heavy atom. The van der Waals surface area contributed by atoms with Crippen LogP contribution >= 0.6 is 11.8 Å². The zero-order valence-electron chi connectivity index (χ0n) is 9.83. The van der Waals surface area contributed by atoms with Gasteiger partial charge in [0.05, 0.1) is 5.25 Å². The van der Waals surface area contributed by atoms with Crippen LogP contribution in [0.2, 0.25) is 0 Å². The highest BCUT2D eigenvalue weighted by atomic mass is 32.2. The van der Waals surface area contributed by atoms with Crippen LogP contribution in [-0.4, -0.2) is 27.5 Å². The zero-order valence-corrected chi connectivity index (χ0v) is 10.7. The molecule has 4 nitrogen and oxygen atoms in total. The molecule has 2 atom stereocenters. The fourth-order valence-corrected chi connectivity index (χ4v) is 3.17. The van der Waals surface area contributed by atoms with E-state index >= 15 is 0 Å². The number of carboxylic acid groups (broad SMARTS) is 1. The van der Waals surface area contributed by atoms with Crippen LogP contribution in [0.1, 0.15) is 18.4 Å². The van der Waals surface area contributed by atoms with E-state index in [0.717, 1.165) is 5.56 Å². The van der Waals surface area contributed by atoms with Gasteiger partial charge in [0.1, 0.15) is 5.25 Å². The fourth-order valence-electron chi connectivity index (χ4n) is 1.91. The van der Waals surface area contributed by atoms with Gasteiger partial charge in [-0.15, -0.1) is 11.8 Å². The maximum Gasteiger partial charge on any atom is 0.316 e. The molecule has 1 aromatic carbocycles. The summed E-state index contributed by atoms with van der Waals surface area (Å²) in [6.07, 6.45) is 1.21. The smallest absolute Gasteiger partial charge is 0.316 e. The number of nitrogens with one attached hydrogen (secondary N) is 1. The standard InChI is InChI=1S/C13H15NO3S/c15-12(10-6-7-11(18-10)13(16)17)14-8-9-4-2-1-3-5-9/h1-5,10-11H,6-8H2,(H,14,15)(H,16,17)/t10-,11-/m1/s1. The Balaban J connectivity index is 1.81.